The van der Waals surface area contributed by atoms with Gasteiger partial charge in [-0.3, -0.25) is 20.4 Å². The van der Waals surface area contributed by atoms with Gasteiger partial charge in [-0.25, -0.2) is 11.7 Å². The Morgan fingerprint density at radius 1 is 1.06 bits per heavy atom. The predicted molar refractivity (Wildman–Crippen MR) is 61.4 cm³/mol. The first-order valence-electron chi connectivity index (χ1n) is 4.02. The molecule has 0 aliphatic heterocycles. The van der Waals surface area contributed by atoms with Gasteiger partial charge >= 0.3 is 0 Å². The maximum atomic E-state index is 11.3. The summed E-state index contributed by atoms with van der Waals surface area (Å²) in [6.07, 6.45) is 0. The van der Waals surface area contributed by atoms with Crippen molar-refractivity contribution < 1.29 is 9.59 Å². The average Bonchev–Trinajstić information content (AvgIpc) is 2.26. The van der Waals surface area contributed by atoms with Crippen LogP contribution in [0.3, 0.4) is 0 Å². The van der Waals surface area contributed by atoms with E-state index in [1.54, 1.807) is 0 Å². The Balaban J connectivity index is 0.00000225. The quantitative estimate of drug-likeness (QED) is 0.195. The van der Waals surface area contributed by atoms with Crippen LogP contribution < -0.4 is 28.3 Å². The molecule has 16 heavy (non-hydrogen) atoms. The summed E-state index contributed by atoms with van der Waals surface area (Å²) in [5.74, 6) is 8.67. The van der Waals surface area contributed by atoms with Crippen LogP contribution in [-0.4, -0.2) is 11.8 Å². The Labute approximate surface area is 97.7 Å². The number of nitrogens with two attached hydrogens (primary N) is 3. The van der Waals surface area contributed by atoms with Crippen molar-refractivity contribution in [1.82, 2.24) is 10.9 Å². The first-order chi connectivity index (χ1) is 7.11. The average molecular weight is 246 g/mol. The molecular formula is C8H12ClN5O2. The van der Waals surface area contributed by atoms with Crippen molar-refractivity contribution in [1.29, 1.82) is 0 Å². The molecule has 0 unspecified atom stereocenters. The molecule has 2 amide bonds. The van der Waals surface area contributed by atoms with Crippen molar-refractivity contribution in [2.24, 2.45) is 11.7 Å². The lowest BCUT2D eigenvalue weighted by molar-refractivity contribution is 0.0920. The van der Waals surface area contributed by atoms with Crippen LogP contribution in [0.5, 0.6) is 0 Å². The monoisotopic (exact) mass is 245 g/mol. The molecule has 0 fully saturated rings. The van der Waals surface area contributed by atoms with E-state index >= 15 is 0 Å². The summed E-state index contributed by atoms with van der Waals surface area (Å²) >= 11 is 0. The highest BCUT2D eigenvalue weighted by Gasteiger charge is 2.18. The van der Waals surface area contributed by atoms with Crippen molar-refractivity contribution in [3.8, 4) is 0 Å². The number of hydrazine groups is 2. The van der Waals surface area contributed by atoms with Crippen LogP contribution in [0.2, 0.25) is 0 Å². The van der Waals surface area contributed by atoms with Gasteiger partial charge in [0.25, 0.3) is 11.8 Å². The fourth-order valence-corrected chi connectivity index (χ4v) is 1.16. The van der Waals surface area contributed by atoms with Crippen LogP contribution in [0.25, 0.3) is 0 Å². The van der Waals surface area contributed by atoms with E-state index in [0.29, 0.717) is 0 Å². The molecule has 0 aromatic heterocycles. The smallest absolute Gasteiger partial charge is 0.268 e. The number of nitrogen functional groups attached to an aromatic ring is 3. The van der Waals surface area contributed by atoms with Gasteiger partial charge in [-0.15, -0.1) is 12.4 Å². The van der Waals surface area contributed by atoms with E-state index in [4.69, 9.17) is 17.4 Å². The third kappa shape index (κ3) is 2.60. The normalized spacial score (nSPS) is 8.88. The minimum Gasteiger partial charge on any atom is -0.398 e. The molecule has 8 heteroatoms. The van der Waals surface area contributed by atoms with E-state index in [2.05, 4.69) is 0 Å². The molecule has 0 heterocycles. The Morgan fingerprint density at radius 2 is 1.62 bits per heavy atom. The van der Waals surface area contributed by atoms with Crippen LogP contribution in [0.15, 0.2) is 18.2 Å². The Bertz CT molecular complexity index is 409. The van der Waals surface area contributed by atoms with Gasteiger partial charge in [-0.05, 0) is 12.1 Å². The van der Waals surface area contributed by atoms with E-state index in [9.17, 15) is 9.59 Å². The van der Waals surface area contributed by atoms with E-state index < -0.39 is 11.8 Å². The number of carbonyl (C=O) groups is 2. The number of rotatable bonds is 2. The van der Waals surface area contributed by atoms with Crippen molar-refractivity contribution in [2.75, 3.05) is 5.73 Å². The first kappa shape index (κ1) is 14.2. The SMILES string of the molecule is Cl.NNC(=O)c1cccc(N)c1C(=O)NN. The van der Waals surface area contributed by atoms with E-state index in [0.717, 1.165) is 0 Å². The summed E-state index contributed by atoms with van der Waals surface area (Å²) in [4.78, 5) is 22.6. The molecule has 0 atom stereocenters. The molecule has 0 spiro atoms. The molecule has 7 nitrogen and oxygen atoms in total. The molecule has 0 aliphatic rings. The Kier molecular flexibility index (Phi) is 5.23. The number of carbonyl (C=O) groups excluding carboxylic acids is 2. The van der Waals surface area contributed by atoms with Gasteiger partial charge in [0.05, 0.1) is 11.1 Å². The maximum absolute atomic E-state index is 11.3. The maximum Gasteiger partial charge on any atom is 0.268 e. The summed E-state index contributed by atoms with van der Waals surface area (Å²) in [6, 6.07) is 4.44. The van der Waals surface area contributed by atoms with Crippen molar-refractivity contribution in [2.45, 2.75) is 0 Å². The second-order valence-electron chi connectivity index (χ2n) is 2.72. The lowest BCUT2D eigenvalue weighted by Crippen LogP contribution is -2.35. The van der Waals surface area contributed by atoms with E-state index in [-0.39, 0.29) is 29.2 Å². The largest absolute Gasteiger partial charge is 0.398 e. The zero-order valence-electron chi connectivity index (χ0n) is 8.19. The summed E-state index contributed by atoms with van der Waals surface area (Å²) in [5.41, 5.74) is 9.59. The predicted octanol–water partition coefficient (Wildman–Crippen LogP) is -1.10. The number of amides is 2. The summed E-state index contributed by atoms with van der Waals surface area (Å²) < 4.78 is 0. The summed E-state index contributed by atoms with van der Waals surface area (Å²) in [7, 11) is 0. The Morgan fingerprint density at radius 3 is 2.12 bits per heavy atom. The Hall–Kier alpha value is -1.83. The highest BCUT2D eigenvalue weighted by molar-refractivity contribution is 6.10. The van der Waals surface area contributed by atoms with Crippen LogP contribution in [0.1, 0.15) is 20.7 Å². The highest BCUT2D eigenvalue weighted by Crippen LogP contribution is 2.16. The molecule has 0 radical (unpaired) electrons. The molecule has 8 N–H and O–H groups in total. The van der Waals surface area contributed by atoms with Crippen LogP contribution in [0.4, 0.5) is 5.69 Å². The molecule has 88 valence electrons. The molecule has 1 rings (SSSR count). The molecule has 0 bridgehead atoms. The van der Waals surface area contributed by atoms with E-state index in [1.807, 2.05) is 10.9 Å². The zero-order chi connectivity index (χ0) is 11.4. The van der Waals surface area contributed by atoms with Crippen LogP contribution in [0, 0.1) is 0 Å². The lowest BCUT2D eigenvalue weighted by Gasteiger charge is -2.09. The van der Waals surface area contributed by atoms with Gasteiger partial charge in [0.2, 0.25) is 0 Å². The lowest BCUT2D eigenvalue weighted by atomic mass is 10.0. The van der Waals surface area contributed by atoms with Crippen LogP contribution in [-0.2, 0) is 0 Å². The van der Waals surface area contributed by atoms with Gasteiger partial charge in [0, 0.05) is 5.69 Å². The summed E-state index contributed by atoms with van der Waals surface area (Å²) in [5, 5.41) is 0. The second kappa shape index (κ2) is 5.91. The fraction of sp³-hybridized carbons (Fsp3) is 0. The topological polar surface area (TPSA) is 136 Å². The van der Waals surface area contributed by atoms with Crippen molar-refractivity contribution in [3.63, 3.8) is 0 Å². The summed E-state index contributed by atoms with van der Waals surface area (Å²) in [6.45, 7) is 0. The molecule has 1 aromatic carbocycles. The molecule has 0 saturated heterocycles. The molecular weight excluding hydrogens is 234 g/mol. The van der Waals surface area contributed by atoms with Crippen LogP contribution >= 0.6 is 12.4 Å². The number of nitrogens with one attached hydrogen (secondary N) is 2. The molecule has 0 saturated carbocycles. The minimum atomic E-state index is -0.647. The van der Waals surface area contributed by atoms with Crippen molar-refractivity contribution in [3.05, 3.63) is 29.3 Å². The van der Waals surface area contributed by atoms with Gasteiger partial charge in [-0.1, -0.05) is 6.07 Å². The van der Waals surface area contributed by atoms with E-state index in [1.165, 1.54) is 18.2 Å². The first-order valence-corrected chi connectivity index (χ1v) is 4.02. The van der Waals surface area contributed by atoms with Gasteiger partial charge < -0.3 is 5.73 Å². The van der Waals surface area contributed by atoms with Gasteiger partial charge in [0.15, 0.2) is 0 Å². The minimum absolute atomic E-state index is 0. The number of hydrogen-bond acceptors (Lipinski definition) is 5. The number of anilines is 1. The van der Waals surface area contributed by atoms with Gasteiger partial charge in [-0.2, -0.15) is 0 Å². The fourth-order valence-electron chi connectivity index (χ4n) is 1.16. The third-order valence-corrected chi connectivity index (χ3v) is 1.83. The number of benzene rings is 1. The zero-order valence-corrected chi connectivity index (χ0v) is 9.01. The molecule has 0 aliphatic carbocycles. The third-order valence-electron chi connectivity index (χ3n) is 1.83. The molecule has 1 aromatic rings. The highest BCUT2D eigenvalue weighted by atomic mass is 35.5. The van der Waals surface area contributed by atoms with Crippen molar-refractivity contribution >= 4 is 29.9 Å². The standard InChI is InChI=1S/C8H11N5O2.ClH/c9-5-3-1-2-4(7(14)12-10)6(5)8(15)13-11;/h1-3H,9-11H2,(H,12,14)(H,13,15);1H. The number of hydrogen-bond donors (Lipinski definition) is 5. The second-order valence-corrected chi connectivity index (χ2v) is 2.72. The van der Waals surface area contributed by atoms with Gasteiger partial charge in [0.1, 0.15) is 0 Å². The number of halogens is 1.